The van der Waals surface area contributed by atoms with Gasteiger partial charge in [-0.05, 0) is 55.8 Å². The number of ether oxygens (including phenoxy) is 1. The van der Waals surface area contributed by atoms with Gasteiger partial charge in [-0.1, -0.05) is 39.7 Å². The van der Waals surface area contributed by atoms with Gasteiger partial charge in [0.15, 0.2) is 12.4 Å². The number of amides is 1. The molecule has 0 aliphatic carbocycles. The van der Waals surface area contributed by atoms with Crippen LogP contribution in [0.1, 0.15) is 27.4 Å². The number of hydrogen-bond donors (Lipinski definition) is 1. The van der Waals surface area contributed by atoms with E-state index in [0.29, 0.717) is 28.7 Å². The molecule has 170 valence electrons. The van der Waals surface area contributed by atoms with E-state index in [1.165, 1.54) is 16.8 Å². The minimum absolute atomic E-state index is 0.0995. The molecule has 1 amide bonds. The van der Waals surface area contributed by atoms with Crippen molar-refractivity contribution in [2.45, 2.75) is 27.1 Å². The van der Waals surface area contributed by atoms with E-state index in [-0.39, 0.29) is 24.1 Å². The Hall–Kier alpha value is -3.17. The second-order valence-corrected chi connectivity index (χ2v) is 8.70. The third kappa shape index (κ3) is 5.43. The highest BCUT2D eigenvalue weighted by Crippen LogP contribution is 2.28. The highest BCUT2D eigenvalue weighted by atomic mass is 79.9. The van der Waals surface area contributed by atoms with Crippen molar-refractivity contribution in [3.8, 4) is 5.75 Å². The van der Waals surface area contributed by atoms with Crippen LogP contribution in [0, 0.1) is 19.7 Å². The predicted octanol–water partition coefficient (Wildman–Crippen LogP) is 5.59. The number of carbonyl (C=O) groups excluding carboxylic acids is 1. The first kappa shape index (κ1) is 23.0. The molecular formula is C23H20BrClFN5O2. The van der Waals surface area contributed by atoms with E-state index in [2.05, 4.69) is 31.4 Å². The number of anilines is 1. The maximum absolute atomic E-state index is 13.2. The van der Waals surface area contributed by atoms with Crippen molar-refractivity contribution in [1.82, 2.24) is 19.6 Å². The molecule has 2 aromatic carbocycles. The molecule has 4 rings (SSSR count). The molecule has 4 aromatic rings. The fraction of sp³-hybridized carbons (Fsp3) is 0.174. The number of nitrogens with one attached hydrogen (secondary N) is 1. The van der Waals surface area contributed by atoms with Crippen molar-refractivity contribution in [2.75, 3.05) is 5.32 Å². The largest absolute Gasteiger partial charge is 0.470 e. The second-order valence-electron chi connectivity index (χ2n) is 7.37. The van der Waals surface area contributed by atoms with Gasteiger partial charge < -0.3 is 10.1 Å². The van der Waals surface area contributed by atoms with E-state index < -0.39 is 0 Å². The molecule has 0 aliphatic rings. The molecule has 2 aromatic heterocycles. The van der Waals surface area contributed by atoms with E-state index in [1.807, 2.05) is 19.9 Å². The van der Waals surface area contributed by atoms with Crippen LogP contribution in [0.25, 0.3) is 0 Å². The van der Waals surface area contributed by atoms with Crippen molar-refractivity contribution in [3.05, 3.63) is 92.7 Å². The number of nitrogens with zero attached hydrogens (tertiary/aromatic N) is 4. The summed E-state index contributed by atoms with van der Waals surface area (Å²) in [5, 5.41) is 12.1. The van der Waals surface area contributed by atoms with Crippen LogP contribution in [-0.2, 0) is 13.3 Å². The number of halogens is 3. The fourth-order valence-corrected chi connectivity index (χ4v) is 3.98. The molecule has 0 fully saturated rings. The molecule has 1 N–H and O–H groups in total. The molecule has 10 heteroatoms. The number of aromatic nitrogens is 4. The third-order valence-corrected chi connectivity index (χ3v) is 5.77. The van der Waals surface area contributed by atoms with E-state index in [9.17, 15) is 9.18 Å². The average molecular weight is 533 g/mol. The quantitative estimate of drug-likeness (QED) is 0.337. The van der Waals surface area contributed by atoms with Crippen molar-refractivity contribution in [1.29, 1.82) is 0 Å². The summed E-state index contributed by atoms with van der Waals surface area (Å²) in [5.74, 6) is -0.131. The molecule has 0 bridgehead atoms. The number of aryl methyl sites for hydroxylation is 1. The minimum atomic E-state index is -0.358. The zero-order valence-corrected chi connectivity index (χ0v) is 20.2. The number of rotatable bonds is 7. The van der Waals surface area contributed by atoms with Crippen molar-refractivity contribution >= 4 is 39.1 Å². The summed E-state index contributed by atoms with van der Waals surface area (Å²) in [6, 6.07) is 13.2. The fourth-order valence-electron chi connectivity index (χ4n) is 3.25. The Morgan fingerprint density at radius 2 is 1.91 bits per heavy atom. The molecule has 33 heavy (non-hydrogen) atoms. The van der Waals surface area contributed by atoms with E-state index in [0.717, 1.165) is 15.7 Å². The Balaban J connectivity index is 1.42. The Morgan fingerprint density at radius 3 is 2.64 bits per heavy atom. The summed E-state index contributed by atoms with van der Waals surface area (Å²) < 4.78 is 23.0. The zero-order chi connectivity index (χ0) is 23.5. The van der Waals surface area contributed by atoms with Crippen molar-refractivity contribution in [3.63, 3.8) is 0 Å². The third-order valence-electron chi connectivity index (χ3n) is 4.99. The van der Waals surface area contributed by atoms with Gasteiger partial charge in [0.2, 0.25) is 0 Å². The van der Waals surface area contributed by atoms with Gasteiger partial charge in [-0.25, -0.2) is 9.07 Å². The molecular weight excluding hydrogens is 513 g/mol. The summed E-state index contributed by atoms with van der Waals surface area (Å²) in [6.07, 6.45) is 1.65. The highest BCUT2D eigenvalue weighted by molar-refractivity contribution is 9.10. The van der Waals surface area contributed by atoms with Gasteiger partial charge in [-0.15, -0.1) is 0 Å². The minimum Gasteiger partial charge on any atom is -0.470 e. The second kappa shape index (κ2) is 9.76. The maximum atomic E-state index is 13.2. The summed E-state index contributed by atoms with van der Waals surface area (Å²) in [7, 11) is 0. The standard InChI is InChI=1S/C23H20BrClFN5O2/c1-14-22(15(2)31(28-14)12-16-3-6-18(26)7-4-16)27-23(32)20-9-10-30(29-20)13-33-21-8-5-17(24)11-19(21)25/h3-11H,12-13H2,1-2H3,(H,27,32). The van der Waals surface area contributed by atoms with Crippen LogP contribution in [-0.4, -0.2) is 25.5 Å². The van der Waals surface area contributed by atoms with E-state index >= 15 is 0 Å². The molecule has 7 nitrogen and oxygen atoms in total. The van der Waals surface area contributed by atoms with Gasteiger partial charge in [0.1, 0.15) is 11.6 Å². The van der Waals surface area contributed by atoms with Gasteiger partial charge in [0.25, 0.3) is 5.91 Å². The van der Waals surface area contributed by atoms with Crippen molar-refractivity contribution in [2.24, 2.45) is 0 Å². The topological polar surface area (TPSA) is 74.0 Å². The predicted molar refractivity (Wildman–Crippen MR) is 127 cm³/mol. The van der Waals surface area contributed by atoms with Gasteiger partial charge >= 0.3 is 0 Å². The number of benzene rings is 2. The van der Waals surface area contributed by atoms with Gasteiger partial charge in [-0.2, -0.15) is 10.2 Å². The van der Waals surface area contributed by atoms with E-state index in [4.69, 9.17) is 16.3 Å². The van der Waals surface area contributed by atoms with Crippen LogP contribution in [0.15, 0.2) is 59.2 Å². The molecule has 0 radical (unpaired) electrons. The van der Waals surface area contributed by atoms with Gasteiger partial charge in [0, 0.05) is 10.7 Å². The lowest BCUT2D eigenvalue weighted by Gasteiger charge is -2.08. The molecule has 0 aliphatic heterocycles. The van der Waals surface area contributed by atoms with Crippen LogP contribution in [0.4, 0.5) is 10.1 Å². The molecule has 0 saturated heterocycles. The average Bonchev–Trinajstić information content (AvgIpc) is 3.35. The van der Waals surface area contributed by atoms with Crippen LogP contribution in [0.5, 0.6) is 5.75 Å². The summed E-state index contributed by atoms with van der Waals surface area (Å²) in [4.78, 5) is 12.8. The smallest absolute Gasteiger partial charge is 0.276 e. The molecule has 0 spiro atoms. The monoisotopic (exact) mass is 531 g/mol. The van der Waals surface area contributed by atoms with E-state index in [1.54, 1.807) is 41.2 Å². The normalized spacial score (nSPS) is 10.9. The molecule has 0 saturated carbocycles. The SMILES string of the molecule is Cc1nn(Cc2ccc(F)cc2)c(C)c1NC(=O)c1ccn(COc2ccc(Br)cc2Cl)n1. The van der Waals surface area contributed by atoms with Crippen molar-refractivity contribution < 1.29 is 13.9 Å². The van der Waals surface area contributed by atoms with Gasteiger partial charge in [-0.3, -0.25) is 9.48 Å². The molecule has 2 heterocycles. The Kier molecular flexibility index (Phi) is 6.80. The lowest BCUT2D eigenvalue weighted by molar-refractivity contribution is 0.102. The Bertz CT molecular complexity index is 1300. The lowest BCUT2D eigenvalue weighted by atomic mass is 10.2. The molecule has 0 unspecified atom stereocenters. The van der Waals surface area contributed by atoms with Crippen LogP contribution in [0.3, 0.4) is 0 Å². The zero-order valence-electron chi connectivity index (χ0n) is 17.8. The van der Waals surface area contributed by atoms with Gasteiger partial charge in [0.05, 0.1) is 28.6 Å². The summed E-state index contributed by atoms with van der Waals surface area (Å²) in [6.45, 7) is 4.25. The lowest BCUT2D eigenvalue weighted by Crippen LogP contribution is -2.15. The first-order chi connectivity index (χ1) is 15.8. The number of hydrogen-bond acceptors (Lipinski definition) is 4. The van der Waals surface area contributed by atoms with Crippen LogP contribution in [0.2, 0.25) is 5.02 Å². The molecule has 0 atom stereocenters. The highest BCUT2D eigenvalue weighted by Gasteiger charge is 2.17. The van der Waals surface area contributed by atoms with Crippen LogP contribution >= 0.6 is 27.5 Å². The maximum Gasteiger partial charge on any atom is 0.276 e. The Labute approximate surface area is 203 Å². The Morgan fingerprint density at radius 1 is 1.15 bits per heavy atom. The summed E-state index contributed by atoms with van der Waals surface area (Å²) >= 11 is 9.51. The first-order valence-corrected chi connectivity index (χ1v) is 11.2. The number of carbonyl (C=O) groups is 1. The summed E-state index contributed by atoms with van der Waals surface area (Å²) in [5.41, 5.74) is 3.23. The van der Waals surface area contributed by atoms with Crippen LogP contribution < -0.4 is 10.1 Å². The first-order valence-electron chi connectivity index (χ1n) is 10.0.